The van der Waals surface area contributed by atoms with E-state index in [2.05, 4.69) is 18.8 Å². The van der Waals surface area contributed by atoms with Gasteiger partial charge in [-0.1, -0.05) is 26.0 Å². The Balaban J connectivity index is 1.74. The molecule has 1 fully saturated rings. The van der Waals surface area contributed by atoms with Gasteiger partial charge in [-0.3, -0.25) is 4.98 Å². The van der Waals surface area contributed by atoms with Crippen molar-refractivity contribution >= 4 is 10.0 Å². The molecule has 2 unspecified atom stereocenters. The van der Waals surface area contributed by atoms with Gasteiger partial charge < -0.3 is 0 Å². The van der Waals surface area contributed by atoms with E-state index in [0.717, 1.165) is 17.8 Å². The average Bonchev–Trinajstić information content (AvgIpc) is 3.12. The summed E-state index contributed by atoms with van der Waals surface area (Å²) in [5.74, 6) is 0.372. The third kappa shape index (κ3) is 4.01. The van der Waals surface area contributed by atoms with Crippen LogP contribution in [0.2, 0.25) is 0 Å². The first-order valence-electron chi connectivity index (χ1n) is 8.55. The standard InChI is InChI=1S/C19H21F3N2O2S/c1-18(2)16(8-5-13-11-24-10-9-15(13)19(20,21)22)17(18)12-3-6-14(7-4-12)27(23,25)26/h3-4,6-7,9-11,16-17H,5,8H2,1-2H3,(H2,23,25,26). The second-order valence-electron chi connectivity index (χ2n) is 7.59. The van der Waals surface area contributed by atoms with Crippen LogP contribution in [0.3, 0.4) is 0 Å². The number of aryl methyl sites for hydroxylation is 1. The van der Waals surface area contributed by atoms with Crippen molar-refractivity contribution in [3.63, 3.8) is 0 Å². The highest BCUT2D eigenvalue weighted by atomic mass is 32.2. The van der Waals surface area contributed by atoms with E-state index >= 15 is 0 Å². The van der Waals surface area contributed by atoms with Gasteiger partial charge in [0.2, 0.25) is 10.0 Å². The number of alkyl halides is 3. The Morgan fingerprint density at radius 2 is 1.78 bits per heavy atom. The molecule has 1 heterocycles. The van der Waals surface area contributed by atoms with Crippen LogP contribution in [0, 0.1) is 11.3 Å². The first-order chi connectivity index (χ1) is 12.4. The lowest BCUT2D eigenvalue weighted by Crippen LogP contribution is -2.11. The molecular weight excluding hydrogens is 377 g/mol. The van der Waals surface area contributed by atoms with Gasteiger partial charge >= 0.3 is 6.18 Å². The van der Waals surface area contributed by atoms with Gasteiger partial charge in [-0.15, -0.1) is 0 Å². The second-order valence-corrected chi connectivity index (χ2v) is 9.15. The highest BCUT2D eigenvalue weighted by Crippen LogP contribution is 2.66. The molecule has 0 bridgehead atoms. The van der Waals surface area contributed by atoms with Crippen LogP contribution in [0.15, 0.2) is 47.6 Å². The fraction of sp³-hybridized carbons (Fsp3) is 0.421. The Hall–Kier alpha value is -1.93. The van der Waals surface area contributed by atoms with E-state index in [9.17, 15) is 21.6 Å². The fourth-order valence-corrected chi connectivity index (χ4v) is 4.54. The number of primary sulfonamides is 1. The van der Waals surface area contributed by atoms with Crippen LogP contribution in [-0.4, -0.2) is 13.4 Å². The van der Waals surface area contributed by atoms with Crippen molar-refractivity contribution in [1.29, 1.82) is 0 Å². The van der Waals surface area contributed by atoms with Gasteiger partial charge in [0.1, 0.15) is 0 Å². The minimum atomic E-state index is -4.39. The molecule has 27 heavy (non-hydrogen) atoms. The molecule has 146 valence electrons. The van der Waals surface area contributed by atoms with Gasteiger partial charge in [-0.25, -0.2) is 13.6 Å². The molecule has 4 nitrogen and oxygen atoms in total. The molecule has 3 rings (SSSR count). The molecular formula is C19H21F3N2O2S. The lowest BCUT2D eigenvalue weighted by Gasteiger charge is -2.12. The number of nitrogens with zero attached hydrogens (tertiary/aromatic N) is 1. The summed E-state index contributed by atoms with van der Waals surface area (Å²) in [6.07, 6.45) is -1.05. The van der Waals surface area contributed by atoms with Crippen molar-refractivity contribution in [2.24, 2.45) is 16.5 Å². The normalized spacial score (nSPS) is 21.9. The van der Waals surface area contributed by atoms with Crippen molar-refractivity contribution in [1.82, 2.24) is 4.98 Å². The van der Waals surface area contributed by atoms with Gasteiger partial charge in [0.25, 0.3) is 0 Å². The van der Waals surface area contributed by atoms with Gasteiger partial charge in [0.05, 0.1) is 10.5 Å². The van der Waals surface area contributed by atoms with E-state index in [0.29, 0.717) is 12.8 Å². The number of aromatic nitrogens is 1. The van der Waals surface area contributed by atoms with Crippen molar-refractivity contribution in [2.45, 2.75) is 43.7 Å². The summed E-state index contributed by atoms with van der Waals surface area (Å²) >= 11 is 0. The van der Waals surface area contributed by atoms with Crippen LogP contribution in [0.1, 0.15) is 42.9 Å². The topological polar surface area (TPSA) is 73.0 Å². The molecule has 2 aromatic rings. The van der Waals surface area contributed by atoms with E-state index in [1.54, 1.807) is 12.1 Å². The quantitative estimate of drug-likeness (QED) is 0.823. The lowest BCUT2D eigenvalue weighted by molar-refractivity contribution is -0.138. The summed E-state index contributed by atoms with van der Waals surface area (Å²) in [5, 5.41) is 5.11. The smallest absolute Gasteiger partial charge is 0.264 e. The van der Waals surface area contributed by atoms with Crippen LogP contribution >= 0.6 is 0 Å². The Bertz CT molecular complexity index is 938. The lowest BCUT2D eigenvalue weighted by atomic mass is 10.0. The number of hydrogen-bond acceptors (Lipinski definition) is 3. The molecule has 1 aromatic carbocycles. The van der Waals surface area contributed by atoms with Crippen molar-refractivity contribution in [3.05, 3.63) is 59.4 Å². The fourth-order valence-electron chi connectivity index (χ4n) is 4.02. The monoisotopic (exact) mass is 398 g/mol. The molecule has 1 aliphatic carbocycles. The number of nitrogens with two attached hydrogens (primary N) is 1. The van der Waals surface area contributed by atoms with Crippen LogP contribution in [0.4, 0.5) is 13.2 Å². The SMILES string of the molecule is CC1(C)C(CCc2cnccc2C(F)(F)F)C1c1ccc(S(N)(=O)=O)cc1. The van der Waals surface area contributed by atoms with E-state index in [-0.39, 0.29) is 27.7 Å². The van der Waals surface area contributed by atoms with Crippen LogP contribution in [0.5, 0.6) is 0 Å². The van der Waals surface area contributed by atoms with Crippen molar-refractivity contribution < 1.29 is 21.6 Å². The maximum absolute atomic E-state index is 13.1. The molecule has 0 amide bonds. The molecule has 1 aromatic heterocycles. The van der Waals surface area contributed by atoms with Crippen LogP contribution in [0.25, 0.3) is 0 Å². The summed E-state index contributed by atoms with van der Waals surface area (Å²) < 4.78 is 62.1. The molecule has 1 aliphatic rings. The first-order valence-corrected chi connectivity index (χ1v) is 10.1. The van der Waals surface area contributed by atoms with Gasteiger partial charge in [0.15, 0.2) is 0 Å². The number of benzene rings is 1. The predicted octanol–water partition coefficient (Wildman–Crippen LogP) is 4.12. The number of rotatable bonds is 5. The van der Waals surface area contributed by atoms with Crippen molar-refractivity contribution in [2.75, 3.05) is 0 Å². The van der Waals surface area contributed by atoms with Gasteiger partial charge in [0, 0.05) is 12.4 Å². The summed E-state index contributed by atoms with van der Waals surface area (Å²) in [6.45, 7) is 4.15. The van der Waals surface area contributed by atoms with Crippen molar-refractivity contribution in [3.8, 4) is 0 Å². The maximum atomic E-state index is 13.1. The number of halogens is 3. The highest BCUT2D eigenvalue weighted by Gasteiger charge is 2.57. The van der Waals surface area contributed by atoms with Crippen LogP contribution in [-0.2, 0) is 22.6 Å². The minimum absolute atomic E-state index is 0.0476. The molecule has 2 N–H and O–H groups in total. The molecule has 0 radical (unpaired) electrons. The zero-order valence-electron chi connectivity index (χ0n) is 15.0. The van der Waals surface area contributed by atoms with E-state index in [1.807, 2.05) is 0 Å². The Morgan fingerprint density at radius 3 is 2.33 bits per heavy atom. The van der Waals surface area contributed by atoms with E-state index in [4.69, 9.17) is 5.14 Å². The molecule has 1 saturated carbocycles. The highest BCUT2D eigenvalue weighted by molar-refractivity contribution is 7.89. The average molecular weight is 398 g/mol. The summed E-state index contributed by atoms with van der Waals surface area (Å²) in [5.41, 5.74) is 0.477. The maximum Gasteiger partial charge on any atom is 0.416 e. The largest absolute Gasteiger partial charge is 0.416 e. The van der Waals surface area contributed by atoms with Gasteiger partial charge in [-0.2, -0.15) is 13.2 Å². The van der Waals surface area contributed by atoms with E-state index in [1.165, 1.54) is 18.3 Å². The first kappa shape index (κ1) is 19.8. The third-order valence-corrected chi connectivity index (χ3v) is 6.48. The molecule has 8 heteroatoms. The Kier molecular flexibility index (Phi) is 4.84. The van der Waals surface area contributed by atoms with E-state index < -0.39 is 21.8 Å². The number of sulfonamides is 1. The van der Waals surface area contributed by atoms with Gasteiger partial charge in [-0.05, 0) is 59.4 Å². The molecule has 0 aliphatic heterocycles. The summed E-state index contributed by atoms with van der Waals surface area (Å²) in [6, 6.07) is 7.42. The Labute approximate surface area is 156 Å². The second kappa shape index (κ2) is 6.60. The zero-order chi connectivity index (χ0) is 20.0. The summed E-state index contributed by atoms with van der Waals surface area (Å²) in [7, 11) is -3.75. The third-order valence-electron chi connectivity index (χ3n) is 5.55. The number of pyridine rings is 1. The zero-order valence-corrected chi connectivity index (χ0v) is 15.8. The molecule has 0 saturated heterocycles. The summed E-state index contributed by atoms with van der Waals surface area (Å²) in [4.78, 5) is 3.88. The van der Waals surface area contributed by atoms with Crippen LogP contribution < -0.4 is 5.14 Å². The predicted molar refractivity (Wildman–Crippen MR) is 95.4 cm³/mol. The Morgan fingerprint density at radius 1 is 1.15 bits per heavy atom. The molecule has 2 atom stereocenters. The number of hydrogen-bond donors (Lipinski definition) is 1. The molecule has 0 spiro atoms. The minimum Gasteiger partial charge on any atom is -0.264 e.